The standard InChI is InChI=1S/C13H18O3/c1-10(2)6-7-16-13-8-12(15-3)5-4-11(13)9-14/h4-6,8,14H,7,9H2,1-3H3. The van der Waals surface area contributed by atoms with Crippen LogP contribution in [-0.4, -0.2) is 18.8 Å². The Balaban J connectivity index is 2.79. The fourth-order valence-electron chi connectivity index (χ4n) is 1.22. The van der Waals surface area contributed by atoms with Crippen LogP contribution in [0.3, 0.4) is 0 Å². The first-order valence-corrected chi connectivity index (χ1v) is 5.21. The molecule has 0 aliphatic carbocycles. The molecule has 1 aromatic rings. The second-order valence-electron chi connectivity index (χ2n) is 3.72. The molecular weight excluding hydrogens is 204 g/mol. The average molecular weight is 222 g/mol. The number of aliphatic hydroxyl groups is 1. The molecule has 0 saturated carbocycles. The summed E-state index contributed by atoms with van der Waals surface area (Å²) in [4.78, 5) is 0. The van der Waals surface area contributed by atoms with Gasteiger partial charge in [-0.05, 0) is 32.1 Å². The van der Waals surface area contributed by atoms with E-state index in [4.69, 9.17) is 14.6 Å². The van der Waals surface area contributed by atoms with Crippen molar-refractivity contribution in [3.8, 4) is 11.5 Å². The second kappa shape index (κ2) is 6.18. The van der Waals surface area contributed by atoms with Crippen LogP contribution in [-0.2, 0) is 6.61 Å². The molecule has 1 aromatic carbocycles. The van der Waals surface area contributed by atoms with Gasteiger partial charge < -0.3 is 14.6 Å². The number of methoxy groups -OCH3 is 1. The lowest BCUT2D eigenvalue weighted by atomic mass is 10.2. The van der Waals surface area contributed by atoms with Gasteiger partial charge in [0.25, 0.3) is 0 Å². The van der Waals surface area contributed by atoms with Crippen LogP contribution >= 0.6 is 0 Å². The molecule has 0 saturated heterocycles. The first kappa shape index (κ1) is 12.6. The lowest BCUT2D eigenvalue weighted by Gasteiger charge is -2.10. The number of hydrogen-bond donors (Lipinski definition) is 1. The lowest BCUT2D eigenvalue weighted by Crippen LogP contribution is -1.99. The molecule has 1 N–H and O–H groups in total. The van der Waals surface area contributed by atoms with Crippen molar-refractivity contribution in [3.63, 3.8) is 0 Å². The van der Waals surface area contributed by atoms with E-state index in [1.165, 1.54) is 5.57 Å². The van der Waals surface area contributed by atoms with Crippen LogP contribution in [0.15, 0.2) is 29.8 Å². The topological polar surface area (TPSA) is 38.7 Å². The molecule has 0 atom stereocenters. The molecule has 3 nitrogen and oxygen atoms in total. The Bertz CT molecular complexity index is 365. The van der Waals surface area contributed by atoms with Crippen LogP contribution in [0, 0.1) is 0 Å². The molecule has 0 bridgehead atoms. The Hall–Kier alpha value is -1.48. The van der Waals surface area contributed by atoms with Crippen LogP contribution in [0.25, 0.3) is 0 Å². The molecule has 0 heterocycles. The van der Waals surface area contributed by atoms with Gasteiger partial charge in [0.05, 0.1) is 13.7 Å². The van der Waals surface area contributed by atoms with Crippen molar-refractivity contribution in [3.05, 3.63) is 35.4 Å². The zero-order chi connectivity index (χ0) is 12.0. The van der Waals surface area contributed by atoms with E-state index in [1.807, 2.05) is 19.9 Å². The quantitative estimate of drug-likeness (QED) is 0.778. The van der Waals surface area contributed by atoms with Crippen LogP contribution in [0.5, 0.6) is 11.5 Å². The van der Waals surface area contributed by atoms with Crippen LogP contribution < -0.4 is 9.47 Å². The molecule has 0 aromatic heterocycles. The maximum atomic E-state index is 9.15. The molecule has 0 fully saturated rings. The van der Waals surface area contributed by atoms with Crippen LogP contribution in [0.2, 0.25) is 0 Å². The zero-order valence-electron chi connectivity index (χ0n) is 9.99. The van der Waals surface area contributed by atoms with Crippen LogP contribution in [0.1, 0.15) is 19.4 Å². The van der Waals surface area contributed by atoms with Gasteiger partial charge in [-0.2, -0.15) is 0 Å². The number of rotatable bonds is 5. The maximum Gasteiger partial charge on any atom is 0.128 e. The van der Waals surface area contributed by atoms with E-state index in [0.717, 1.165) is 11.3 Å². The van der Waals surface area contributed by atoms with Crippen molar-refractivity contribution in [2.75, 3.05) is 13.7 Å². The van der Waals surface area contributed by atoms with Gasteiger partial charge in [0.2, 0.25) is 0 Å². The van der Waals surface area contributed by atoms with E-state index < -0.39 is 0 Å². The van der Waals surface area contributed by atoms with Crippen molar-refractivity contribution in [2.45, 2.75) is 20.5 Å². The van der Waals surface area contributed by atoms with Crippen molar-refractivity contribution in [1.82, 2.24) is 0 Å². The highest BCUT2D eigenvalue weighted by Gasteiger charge is 2.04. The summed E-state index contributed by atoms with van der Waals surface area (Å²) < 4.78 is 10.7. The Labute approximate surface area is 96.3 Å². The fraction of sp³-hybridized carbons (Fsp3) is 0.385. The number of aliphatic hydroxyl groups excluding tert-OH is 1. The molecule has 88 valence electrons. The smallest absolute Gasteiger partial charge is 0.128 e. The van der Waals surface area contributed by atoms with E-state index in [1.54, 1.807) is 25.3 Å². The largest absolute Gasteiger partial charge is 0.497 e. The zero-order valence-corrected chi connectivity index (χ0v) is 9.99. The van der Waals surface area contributed by atoms with Crippen molar-refractivity contribution < 1.29 is 14.6 Å². The summed E-state index contributed by atoms with van der Waals surface area (Å²) in [5.41, 5.74) is 1.97. The normalized spacial score (nSPS) is 9.75. The molecule has 0 aliphatic heterocycles. The Kier molecular flexibility index (Phi) is 4.86. The van der Waals surface area contributed by atoms with Crippen molar-refractivity contribution in [2.24, 2.45) is 0 Å². The molecule has 0 spiro atoms. The summed E-state index contributed by atoms with van der Waals surface area (Å²) in [5, 5.41) is 9.15. The number of benzene rings is 1. The molecule has 3 heteroatoms. The predicted octanol–water partition coefficient (Wildman–Crippen LogP) is 2.53. The monoisotopic (exact) mass is 222 g/mol. The number of ether oxygens (including phenoxy) is 2. The van der Waals surface area contributed by atoms with Gasteiger partial charge in [0.15, 0.2) is 0 Å². The van der Waals surface area contributed by atoms with Gasteiger partial charge >= 0.3 is 0 Å². The molecule has 0 amide bonds. The van der Waals surface area contributed by atoms with Gasteiger partial charge in [-0.1, -0.05) is 5.57 Å². The molecule has 0 aliphatic rings. The third kappa shape index (κ3) is 3.59. The first-order chi connectivity index (χ1) is 7.67. The summed E-state index contributed by atoms with van der Waals surface area (Å²) >= 11 is 0. The summed E-state index contributed by atoms with van der Waals surface area (Å²) in [6.45, 7) is 4.50. The fourth-order valence-corrected chi connectivity index (χ4v) is 1.22. The average Bonchev–Trinajstić information content (AvgIpc) is 2.28. The molecule has 0 unspecified atom stereocenters. The van der Waals surface area contributed by atoms with Gasteiger partial charge in [-0.25, -0.2) is 0 Å². The first-order valence-electron chi connectivity index (χ1n) is 5.21. The minimum absolute atomic E-state index is 0.0336. The highest BCUT2D eigenvalue weighted by molar-refractivity contribution is 5.40. The van der Waals surface area contributed by atoms with E-state index >= 15 is 0 Å². The SMILES string of the molecule is COc1ccc(CO)c(OCC=C(C)C)c1. The Morgan fingerprint density at radius 3 is 2.69 bits per heavy atom. The third-order valence-electron chi connectivity index (χ3n) is 2.18. The predicted molar refractivity (Wildman–Crippen MR) is 63.8 cm³/mol. The lowest BCUT2D eigenvalue weighted by molar-refractivity contribution is 0.269. The van der Waals surface area contributed by atoms with Gasteiger partial charge in [-0.3, -0.25) is 0 Å². The van der Waals surface area contributed by atoms with Crippen LogP contribution in [0.4, 0.5) is 0 Å². The molecule has 16 heavy (non-hydrogen) atoms. The Morgan fingerprint density at radius 1 is 1.38 bits per heavy atom. The summed E-state index contributed by atoms with van der Waals surface area (Å²) in [6, 6.07) is 5.39. The maximum absolute atomic E-state index is 9.15. The molecular formula is C13H18O3. The third-order valence-corrected chi connectivity index (χ3v) is 2.18. The number of allylic oxidation sites excluding steroid dienone is 1. The van der Waals surface area contributed by atoms with Crippen molar-refractivity contribution >= 4 is 0 Å². The van der Waals surface area contributed by atoms with E-state index in [-0.39, 0.29) is 6.61 Å². The van der Waals surface area contributed by atoms with Crippen molar-refractivity contribution in [1.29, 1.82) is 0 Å². The minimum atomic E-state index is -0.0336. The van der Waals surface area contributed by atoms with E-state index in [9.17, 15) is 0 Å². The van der Waals surface area contributed by atoms with E-state index in [2.05, 4.69) is 0 Å². The highest BCUT2D eigenvalue weighted by Crippen LogP contribution is 2.24. The van der Waals surface area contributed by atoms with E-state index in [0.29, 0.717) is 12.4 Å². The summed E-state index contributed by atoms with van der Waals surface area (Å²) in [7, 11) is 1.60. The summed E-state index contributed by atoms with van der Waals surface area (Å²) in [6.07, 6.45) is 1.99. The molecule has 1 rings (SSSR count). The summed E-state index contributed by atoms with van der Waals surface area (Å²) in [5.74, 6) is 1.39. The Morgan fingerprint density at radius 2 is 2.12 bits per heavy atom. The highest BCUT2D eigenvalue weighted by atomic mass is 16.5. The second-order valence-corrected chi connectivity index (χ2v) is 3.72. The van der Waals surface area contributed by atoms with Gasteiger partial charge in [0, 0.05) is 11.6 Å². The minimum Gasteiger partial charge on any atom is -0.497 e. The van der Waals surface area contributed by atoms with Gasteiger partial charge in [0.1, 0.15) is 18.1 Å². The van der Waals surface area contributed by atoms with Gasteiger partial charge in [-0.15, -0.1) is 0 Å². The number of hydrogen-bond acceptors (Lipinski definition) is 3. The molecule has 0 radical (unpaired) electrons.